The molecule has 5 rings (SSSR count). The molecule has 1 aliphatic rings. The van der Waals surface area contributed by atoms with Crippen LogP contribution in [0, 0.1) is 0 Å². The van der Waals surface area contributed by atoms with E-state index in [9.17, 15) is 9.90 Å². The van der Waals surface area contributed by atoms with Gasteiger partial charge < -0.3 is 5.11 Å². The van der Waals surface area contributed by atoms with Gasteiger partial charge >= 0.3 is 0 Å². The van der Waals surface area contributed by atoms with Crippen LogP contribution < -0.4 is 5.43 Å². The molecule has 0 radical (unpaired) electrons. The number of aromatic nitrogens is 2. The normalized spacial score (nSPS) is 13.2. The summed E-state index contributed by atoms with van der Waals surface area (Å²) in [6.07, 6.45) is 6.07. The zero-order valence-electron chi connectivity index (χ0n) is 13.2. The minimum atomic E-state index is 0.00968. The third kappa shape index (κ3) is 2.04. The van der Waals surface area contributed by atoms with E-state index in [1.165, 1.54) is 0 Å². The predicted octanol–water partition coefficient (Wildman–Crippen LogP) is 4.27. The molecule has 0 fully saturated rings. The lowest BCUT2D eigenvalue weighted by atomic mass is 10.0. The lowest BCUT2D eigenvalue weighted by Crippen LogP contribution is -2.01. The fraction of sp³-hybridized carbons (Fsp3) is 0. The first-order chi connectivity index (χ1) is 12.2. The largest absolute Gasteiger partial charge is 0.508 e. The molecule has 1 aromatic heterocycles. The Morgan fingerprint density at radius 2 is 1.68 bits per heavy atom. The number of rotatable bonds is 2. The smallest absolute Gasteiger partial charge is 0.179 e. The van der Waals surface area contributed by atoms with Crippen LogP contribution in [0.15, 0.2) is 77.6 Å². The lowest BCUT2D eigenvalue weighted by Gasteiger charge is -2.11. The van der Waals surface area contributed by atoms with Gasteiger partial charge in [-0.2, -0.15) is 0 Å². The van der Waals surface area contributed by atoms with Crippen LogP contribution in [-0.2, 0) is 0 Å². The molecule has 0 saturated carbocycles. The van der Waals surface area contributed by atoms with E-state index >= 15 is 0 Å². The summed E-state index contributed by atoms with van der Waals surface area (Å²) in [6, 6.07) is 16.3. The highest BCUT2D eigenvalue weighted by atomic mass is 16.3. The zero-order chi connectivity index (χ0) is 17.0. The van der Waals surface area contributed by atoms with Crippen LogP contribution in [0.25, 0.3) is 38.6 Å². The Kier molecular flexibility index (Phi) is 2.76. The Morgan fingerprint density at radius 1 is 0.920 bits per heavy atom. The quantitative estimate of drug-likeness (QED) is 0.578. The van der Waals surface area contributed by atoms with Gasteiger partial charge in [0.25, 0.3) is 0 Å². The van der Waals surface area contributed by atoms with E-state index in [2.05, 4.69) is 5.10 Å². The van der Waals surface area contributed by atoms with E-state index in [-0.39, 0.29) is 11.2 Å². The van der Waals surface area contributed by atoms with Crippen molar-refractivity contribution in [3.8, 4) is 17.0 Å². The van der Waals surface area contributed by atoms with Gasteiger partial charge in [-0.1, -0.05) is 12.1 Å². The summed E-state index contributed by atoms with van der Waals surface area (Å²) >= 11 is 0. The van der Waals surface area contributed by atoms with Crippen molar-refractivity contribution in [1.82, 2.24) is 9.78 Å². The summed E-state index contributed by atoms with van der Waals surface area (Å²) in [6.45, 7) is 0. The van der Waals surface area contributed by atoms with Crippen molar-refractivity contribution in [2.24, 2.45) is 0 Å². The molecule has 120 valence electrons. The van der Waals surface area contributed by atoms with Crippen LogP contribution in [-0.4, -0.2) is 14.9 Å². The molecule has 1 heterocycles. The van der Waals surface area contributed by atoms with Gasteiger partial charge in [-0.3, -0.25) is 14.6 Å². The monoisotopic (exact) mass is 326 g/mol. The molecule has 0 aliphatic heterocycles. The molecule has 0 unspecified atom stereocenters. The van der Waals surface area contributed by atoms with Crippen molar-refractivity contribution in [1.29, 1.82) is 0 Å². The van der Waals surface area contributed by atoms with Crippen LogP contribution >= 0.6 is 0 Å². The molecule has 0 saturated heterocycles. The zero-order valence-corrected chi connectivity index (χ0v) is 13.2. The lowest BCUT2D eigenvalue weighted by molar-refractivity contribution is 0.475. The Morgan fingerprint density at radius 3 is 2.40 bits per heavy atom. The van der Waals surface area contributed by atoms with Crippen LogP contribution in [0.5, 0.6) is 5.75 Å². The summed E-state index contributed by atoms with van der Waals surface area (Å²) in [5.41, 5.74) is 4.08. The number of benzene rings is 3. The minimum absolute atomic E-state index is 0.00968. The average molecular weight is 326 g/mol. The van der Waals surface area contributed by atoms with Gasteiger partial charge in [-0.25, -0.2) is 0 Å². The number of hydrogen-bond acceptors (Lipinski definition) is 2. The number of fused-ring (bicyclic) bond motifs is 3. The third-order valence-electron chi connectivity index (χ3n) is 4.63. The van der Waals surface area contributed by atoms with Gasteiger partial charge in [0.2, 0.25) is 0 Å². The average Bonchev–Trinajstić information content (AvgIpc) is 2.93. The topological polar surface area (TPSA) is 58.0 Å². The second-order valence-corrected chi connectivity index (χ2v) is 6.16. The molecule has 4 heteroatoms. The molecule has 0 amide bonds. The van der Waals surface area contributed by atoms with E-state index in [1.54, 1.807) is 24.3 Å². The van der Waals surface area contributed by atoms with Crippen molar-refractivity contribution in [3.05, 3.63) is 83.0 Å². The molecule has 1 aliphatic carbocycles. The second-order valence-electron chi connectivity index (χ2n) is 6.16. The van der Waals surface area contributed by atoms with Gasteiger partial charge in [-0.05, 0) is 66.1 Å². The SMILES string of the molecule is O=c1ccc2c(ccc3c(-c4ccc(O)cc4)[nH]n(C4=CC=C4)c32)c1. The van der Waals surface area contributed by atoms with E-state index in [0.29, 0.717) is 0 Å². The number of H-pyrrole nitrogens is 1. The highest BCUT2D eigenvalue weighted by molar-refractivity contribution is 6.11. The van der Waals surface area contributed by atoms with Crippen molar-refractivity contribution >= 4 is 27.4 Å². The number of phenols is 1. The number of hydrogen-bond donors (Lipinski definition) is 2. The molecular formula is C21H14N2O2. The second kappa shape index (κ2) is 4.98. The molecule has 0 atom stereocenters. The van der Waals surface area contributed by atoms with Gasteiger partial charge in [-0.15, -0.1) is 0 Å². The number of aromatic amines is 1. The first-order valence-corrected chi connectivity index (χ1v) is 8.06. The Bertz CT molecular complexity index is 1260. The standard InChI is InChI=1S/C21H14N2O2/c24-16-7-4-13(5-8-16)20-19-10-6-14-12-17(25)9-11-18(14)21(19)23(22-20)15-2-1-3-15/h1-12,22,24H. The maximum Gasteiger partial charge on any atom is 0.179 e. The fourth-order valence-electron chi connectivity index (χ4n) is 3.34. The molecule has 0 bridgehead atoms. The van der Waals surface area contributed by atoms with Crippen molar-refractivity contribution < 1.29 is 5.11 Å². The summed E-state index contributed by atoms with van der Waals surface area (Å²) in [5, 5.41) is 16.1. The molecule has 3 aromatic carbocycles. The molecular weight excluding hydrogens is 312 g/mol. The van der Waals surface area contributed by atoms with Crippen molar-refractivity contribution in [2.45, 2.75) is 0 Å². The summed E-state index contributed by atoms with van der Waals surface area (Å²) in [7, 11) is 0. The molecule has 0 spiro atoms. The van der Waals surface area contributed by atoms with Crippen molar-refractivity contribution in [2.75, 3.05) is 0 Å². The number of phenolic OH excluding ortho intramolecular Hbond substituents is 1. The summed E-state index contributed by atoms with van der Waals surface area (Å²) < 4.78 is 2.05. The highest BCUT2D eigenvalue weighted by Crippen LogP contribution is 2.35. The Balaban J connectivity index is 1.89. The Labute approximate surface area is 142 Å². The summed E-state index contributed by atoms with van der Waals surface area (Å²) in [5.74, 6) is 0.241. The maximum atomic E-state index is 11.7. The minimum Gasteiger partial charge on any atom is -0.508 e. The first-order valence-electron chi connectivity index (χ1n) is 8.06. The van der Waals surface area contributed by atoms with Crippen LogP contribution in [0.4, 0.5) is 0 Å². The predicted molar refractivity (Wildman–Crippen MR) is 101 cm³/mol. The first kappa shape index (κ1) is 13.9. The van der Waals surface area contributed by atoms with Gasteiger partial charge in [0, 0.05) is 16.3 Å². The Hall–Kier alpha value is -3.53. The van der Waals surface area contributed by atoms with E-state index in [4.69, 9.17) is 0 Å². The van der Waals surface area contributed by atoms with Crippen LogP contribution in [0.3, 0.4) is 0 Å². The number of nitrogens with zero attached hydrogens (tertiary/aromatic N) is 1. The molecule has 25 heavy (non-hydrogen) atoms. The number of allylic oxidation sites excluding steroid dienone is 4. The van der Waals surface area contributed by atoms with Crippen LogP contribution in [0.2, 0.25) is 0 Å². The molecule has 2 N–H and O–H groups in total. The van der Waals surface area contributed by atoms with E-state index < -0.39 is 0 Å². The van der Waals surface area contributed by atoms with Gasteiger partial charge in [0.05, 0.1) is 16.9 Å². The summed E-state index contributed by atoms with van der Waals surface area (Å²) in [4.78, 5) is 11.7. The molecule has 4 nitrogen and oxygen atoms in total. The van der Waals surface area contributed by atoms with Gasteiger partial charge in [0.1, 0.15) is 5.75 Å². The third-order valence-corrected chi connectivity index (χ3v) is 4.63. The fourth-order valence-corrected chi connectivity index (χ4v) is 3.34. The van der Waals surface area contributed by atoms with E-state index in [0.717, 1.165) is 38.6 Å². The van der Waals surface area contributed by atoms with Gasteiger partial charge in [0.15, 0.2) is 5.43 Å². The number of nitrogens with one attached hydrogen (secondary N) is 1. The van der Waals surface area contributed by atoms with Crippen molar-refractivity contribution in [3.63, 3.8) is 0 Å². The highest BCUT2D eigenvalue weighted by Gasteiger charge is 2.16. The maximum absolute atomic E-state index is 11.7. The van der Waals surface area contributed by atoms with Crippen LogP contribution in [0.1, 0.15) is 0 Å². The van der Waals surface area contributed by atoms with E-state index in [1.807, 2.05) is 53.2 Å². The molecule has 4 aromatic rings. The number of aromatic hydroxyl groups is 1.